The molecule has 0 unspecified atom stereocenters. The maximum Gasteiger partial charge on any atom is 0.254 e. The van der Waals surface area contributed by atoms with E-state index in [1.165, 1.54) is 23.3 Å². The molecule has 24 heavy (non-hydrogen) atoms. The fraction of sp³-hybridized carbons (Fsp3) is 0.278. The van der Waals surface area contributed by atoms with Gasteiger partial charge in [0.05, 0.1) is 16.5 Å². The lowest BCUT2D eigenvalue weighted by molar-refractivity contribution is 0.0932. The number of hydrogen-bond acceptors (Lipinski definition) is 3. The lowest BCUT2D eigenvalue weighted by Gasteiger charge is -2.15. The zero-order valence-corrected chi connectivity index (χ0v) is 14.3. The number of nitrogens with one attached hydrogen (secondary N) is 1. The second-order valence-electron chi connectivity index (χ2n) is 6.18. The van der Waals surface area contributed by atoms with Crippen LogP contribution in [-0.2, 0) is 16.3 Å². The standard InChI is InChI=1S/C18H18FNO3S/c1-11-3-6-14-12(9-11)4-8-17(14)20-18(21)15-7-5-13(10-16(15)19)24(2,22)23/h3,5-7,9-10,17H,4,8H2,1-2H3,(H,20,21)/t17-/m1/s1. The smallest absolute Gasteiger partial charge is 0.254 e. The Morgan fingerprint density at radius 1 is 1.21 bits per heavy atom. The normalized spacial score (nSPS) is 16.7. The Labute approximate surface area is 140 Å². The molecule has 1 atom stereocenters. The highest BCUT2D eigenvalue weighted by molar-refractivity contribution is 7.90. The van der Waals surface area contributed by atoms with E-state index in [4.69, 9.17) is 0 Å². The van der Waals surface area contributed by atoms with Crippen LogP contribution in [0, 0.1) is 12.7 Å². The molecule has 2 aromatic carbocycles. The van der Waals surface area contributed by atoms with E-state index in [1.807, 2.05) is 19.1 Å². The minimum absolute atomic E-state index is 0.141. The van der Waals surface area contributed by atoms with Gasteiger partial charge in [-0.15, -0.1) is 0 Å². The molecule has 3 rings (SSSR count). The highest BCUT2D eigenvalue weighted by Crippen LogP contribution is 2.32. The van der Waals surface area contributed by atoms with E-state index in [1.54, 1.807) is 0 Å². The van der Waals surface area contributed by atoms with Crippen molar-refractivity contribution < 1.29 is 17.6 Å². The lowest BCUT2D eigenvalue weighted by Crippen LogP contribution is -2.28. The number of carbonyl (C=O) groups excluding carboxylic acids is 1. The molecule has 2 aromatic rings. The first-order valence-electron chi connectivity index (χ1n) is 7.65. The molecule has 0 heterocycles. The van der Waals surface area contributed by atoms with Crippen molar-refractivity contribution in [1.29, 1.82) is 0 Å². The Balaban J connectivity index is 1.82. The average Bonchev–Trinajstić information content (AvgIpc) is 2.88. The molecular weight excluding hydrogens is 329 g/mol. The van der Waals surface area contributed by atoms with Crippen molar-refractivity contribution in [2.24, 2.45) is 0 Å². The van der Waals surface area contributed by atoms with Crippen LogP contribution in [0.3, 0.4) is 0 Å². The van der Waals surface area contributed by atoms with Crippen LogP contribution in [0.5, 0.6) is 0 Å². The van der Waals surface area contributed by atoms with Crippen molar-refractivity contribution in [3.05, 3.63) is 64.5 Å². The number of sulfone groups is 1. The van der Waals surface area contributed by atoms with Crippen LogP contribution in [0.25, 0.3) is 0 Å². The summed E-state index contributed by atoms with van der Waals surface area (Å²) in [6.07, 6.45) is 2.64. The predicted molar refractivity (Wildman–Crippen MR) is 89.2 cm³/mol. The van der Waals surface area contributed by atoms with E-state index < -0.39 is 21.6 Å². The number of benzene rings is 2. The maximum absolute atomic E-state index is 14.1. The second-order valence-corrected chi connectivity index (χ2v) is 8.20. The molecule has 0 radical (unpaired) electrons. The summed E-state index contributed by atoms with van der Waals surface area (Å²) >= 11 is 0. The summed E-state index contributed by atoms with van der Waals surface area (Å²) in [6.45, 7) is 2.02. The molecular formula is C18H18FNO3S. The van der Waals surface area contributed by atoms with E-state index in [0.717, 1.165) is 30.7 Å². The number of hydrogen-bond donors (Lipinski definition) is 1. The first kappa shape index (κ1) is 16.6. The number of halogens is 1. The molecule has 1 aliphatic rings. The molecule has 0 fully saturated rings. The maximum atomic E-state index is 14.1. The topological polar surface area (TPSA) is 63.2 Å². The molecule has 0 aromatic heterocycles. The SMILES string of the molecule is Cc1ccc2c(c1)CC[C@H]2NC(=O)c1ccc(S(C)(=O)=O)cc1F. The van der Waals surface area contributed by atoms with Gasteiger partial charge in [-0.05, 0) is 49.1 Å². The van der Waals surface area contributed by atoms with Gasteiger partial charge in [-0.1, -0.05) is 23.8 Å². The number of carbonyl (C=O) groups is 1. The molecule has 0 saturated heterocycles. The third-order valence-corrected chi connectivity index (χ3v) is 5.41. The predicted octanol–water partition coefficient (Wildman–Crippen LogP) is 2.95. The summed E-state index contributed by atoms with van der Waals surface area (Å²) in [5, 5.41) is 2.84. The van der Waals surface area contributed by atoms with Crippen molar-refractivity contribution in [3.8, 4) is 0 Å². The molecule has 0 spiro atoms. The third-order valence-electron chi connectivity index (χ3n) is 4.29. The second kappa shape index (κ2) is 6.02. The number of fused-ring (bicyclic) bond motifs is 1. The molecule has 0 aliphatic heterocycles. The van der Waals surface area contributed by atoms with Gasteiger partial charge in [0.25, 0.3) is 5.91 Å². The Kier molecular flexibility index (Phi) is 4.17. The average molecular weight is 347 g/mol. The van der Waals surface area contributed by atoms with Crippen LogP contribution in [0.15, 0.2) is 41.3 Å². The van der Waals surface area contributed by atoms with Crippen molar-refractivity contribution in [3.63, 3.8) is 0 Å². The molecule has 1 amide bonds. The van der Waals surface area contributed by atoms with Crippen molar-refractivity contribution >= 4 is 15.7 Å². The van der Waals surface area contributed by atoms with Gasteiger partial charge in [0.2, 0.25) is 0 Å². The van der Waals surface area contributed by atoms with E-state index >= 15 is 0 Å². The first-order chi connectivity index (χ1) is 11.3. The van der Waals surface area contributed by atoms with Crippen molar-refractivity contribution in [1.82, 2.24) is 5.32 Å². The van der Waals surface area contributed by atoms with Crippen LogP contribution >= 0.6 is 0 Å². The highest BCUT2D eigenvalue weighted by atomic mass is 32.2. The minimum Gasteiger partial charge on any atom is -0.345 e. The van der Waals surface area contributed by atoms with Crippen LogP contribution in [0.4, 0.5) is 4.39 Å². The van der Waals surface area contributed by atoms with E-state index in [2.05, 4.69) is 11.4 Å². The van der Waals surface area contributed by atoms with Gasteiger partial charge in [-0.3, -0.25) is 4.79 Å². The summed E-state index contributed by atoms with van der Waals surface area (Å²) in [7, 11) is -3.51. The van der Waals surface area contributed by atoms with Gasteiger partial charge in [0, 0.05) is 6.26 Å². The van der Waals surface area contributed by atoms with Gasteiger partial charge in [0.15, 0.2) is 9.84 Å². The fourth-order valence-corrected chi connectivity index (χ4v) is 3.68. The highest BCUT2D eigenvalue weighted by Gasteiger charge is 2.25. The van der Waals surface area contributed by atoms with Gasteiger partial charge in [-0.25, -0.2) is 12.8 Å². The minimum atomic E-state index is -3.51. The number of aryl methyl sites for hydroxylation is 2. The fourth-order valence-electron chi connectivity index (χ4n) is 3.04. The zero-order valence-electron chi connectivity index (χ0n) is 13.5. The van der Waals surface area contributed by atoms with Crippen LogP contribution in [-0.4, -0.2) is 20.6 Å². The van der Waals surface area contributed by atoms with Crippen LogP contribution in [0.2, 0.25) is 0 Å². The monoisotopic (exact) mass is 347 g/mol. The van der Waals surface area contributed by atoms with Crippen molar-refractivity contribution in [2.45, 2.75) is 30.7 Å². The summed E-state index contributed by atoms with van der Waals surface area (Å²) in [6, 6.07) is 9.28. The Morgan fingerprint density at radius 3 is 2.62 bits per heavy atom. The number of amides is 1. The van der Waals surface area contributed by atoms with E-state index in [-0.39, 0.29) is 16.5 Å². The molecule has 0 bridgehead atoms. The van der Waals surface area contributed by atoms with Crippen molar-refractivity contribution in [2.75, 3.05) is 6.26 Å². The molecule has 4 nitrogen and oxygen atoms in total. The lowest BCUT2D eigenvalue weighted by atomic mass is 10.1. The molecule has 1 N–H and O–H groups in total. The van der Waals surface area contributed by atoms with Gasteiger partial charge < -0.3 is 5.32 Å². The van der Waals surface area contributed by atoms with Gasteiger partial charge in [0.1, 0.15) is 5.82 Å². The van der Waals surface area contributed by atoms with Crippen LogP contribution < -0.4 is 5.32 Å². The summed E-state index contributed by atoms with van der Waals surface area (Å²) in [4.78, 5) is 12.2. The Hall–Kier alpha value is -2.21. The molecule has 0 saturated carbocycles. The van der Waals surface area contributed by atoms with E-state index in [9.17, 15) is 17.6 Å². The Morgan fingerprint density at radius 2 is 1.96 bits per heavy atom. The van der Waals surface area contributed by atoms with Crippen LogP contribution in [0.1, 0.15) is 39.5 Å². The Bertz CT molecular complexity index is 922. The largest absolute Gasteiger partial charge is 0.345 e. The first-order valence-corrected chi connectivity index (χ1v) is 9.55. The number of rotatable bonds is 3. The van der Waals surface area contributed by atoms with Gasteiger partial charge >= 0.3 is 0 Å². The summed E-state index contributed by atoms with van der Waals surface area (Å²) in [5.74, 6) is -1.37. The quantitative estimate of drug-likeness (QED) is 0.928. The van der Waals surface area contributed by atoms with Gasteiger partial charge in [-0.2, -0.15) is 0 Å². The summed E-state index contributed by atoms with van der Waals surface area (Å²) in [5.41, 5.74) is 3.28. The molecule has 1 aliphatic carbocycles. The molecule has 6 heteroatoms. The molecule has 126 valence electrons. The zero-order chi connectivity index (χ0) is 17.5. The van der Waals surface area contributed by atoms with E-state index in [0.29, 0.717) is 0 Å². The third kappa shape index (κ3) is 3.19. The summed E-state index contributed by atoms with van der Waals surface area (Å²) < 4.78 is 37.0.